The maximum absolute atomic E-state index is 5.41. The highest BCUT2D eigenvalue weighted by molar-refractivity contribution is 4.81. The monoisotopic (exact) mass is 169 g/mol. The van der Waals surface area contributed by atoms with Crippen LogP contribution in [0.3, 0.4) is 0 Å². The molecule has 0 spiro atoms. The summed E-state index contributed by atoms with van der Waals surface area (Å²) in [7, 11) is 0. The maximum atomic E-state index is 5.41. The lowest BCUT2D eigenvalue weighted by Gasteiger charge is -2.05. The van der Waals surface area contributed by atoms with Crippen molar-refractivity contribution in [2.24, 2.45) is 11.7 Å². The lowest BCUT2D eigenvalue weighted by atomic mass is 10.2. The molecule has 0 bridgehead atoms. The smallest absolute Gasteiger partial charge is 0.152 e. The first-order chi connectivity index (χ1) is 5.74. The normalized spacial score (nSPS) is 11.0. The number of hydrogen-bond acceptors (Lipinski definition) is 4. The molecule has 0 fully saturated rings. The van der Waals surface area contributed by atoms with Gasteiger partial charge in [-0.05, 0) is 22.9 Å². The maximum Gasteiger partial charge on any atom is 0.152 e. The molecule has 2 N–H and O–H groups in total. The topological polar surface area (TPSA) is 69.6 Å². The predicted molar refractivity (Wildman–Crippen MR) is 45.4 cm³/mol. The minimum atomic E-state index is 0.560. The molecule has 0 aliphatic heterocycles. The molecule has 0 saturated carbocycles. The zero-order valence-corrected chi connectivity index (χ0v) is 7.56. The van der Waals surface area contributed by atoms with Gasteiger partial charge in [-0.25, -0.2) is 4.68 Å². The van der Waals surface area contributed by atoms with Gasteiger partial charge in [-0.15, -0.1) is 5.10 Å². The minimum Gasteiger partial charge on any atom is -0.330 e. The van der Waals surface area contributed by atoms with Crippen LogP contribution in [0.15, 0.2) is 0 Å². The molecule has 0 saturated heterocycles. The van der Waals surface area contributed by atoms with Gasteiger partial charge in [-0.2, -0.15) is 0 Å². The van der Waals surface area contributed by atoms with Crippen molar-refractivity contribution in [2.75, 3.05) is 6.54 Å². The molecular weight excluding hydrogens is 154 g/mol. The van der Waals surface area contributed by atoms with Crippen molar-refractivity contribution in [3.63, 3.8) is 0 Å². The number of rotatable bonds is 4. The third kappa shape index (κ3) is 2.27. The van der Waals surface area contributed by atoms with E-state index in [1.54, 1.807) is 0 Å². The lowest BCUT2D eigenvalue weighted by Crippen LogP contribution is -2.13. The zero-order chi connectivity index (χ0) is 8.97. The quantitative estimate of drug-likeness (QED) is 0.679. The van der Waals surface area contributed by atoms with E-state index in [-0.39, 0.29) is 0 Å². The van der Waals surface area contributed by atoms with Gasteiger partial charge in [-0.1, -0.05) is 13.8 Å². The standard InChI is InChI=1S/C7H15N5/c1-6(2)5-12-7(3-4-8)9-10-11-12/h6H,3-5,8H2,1-2H3. The van der Waals surface area contributed by atoms with E-state index >= 15 is 0 Å². The Morgan fingerprint density at radius 3 is 2.83 bits per heavy atom. The Hall–Kier alpha value is -0.970. The molecule has 0 unspecified atom stereocenters. The zero-order valence-electron chi connectivity index (χ0n) is 7.56. The molecule has 0 atom stereocenters. The molecule has 0 amide bonds. The van der Waals surface area contributed by atoms with Crippen LogP contribution in [-0.4, -0.2) is 26.8 Å². The second kappa shape index (κ2) is 4.15. The summed E-state index contributed by atoms with van der Waals surface area (Å²) in [6, 6.07) is 0. The van der Waals surface area contributed by atoms with E-state index in [4.69, 9.17) is 5.73 Å². The van der Waals surface area contributed by atoms with E-state index in [2.05, 4.69) is 29.4 Å². The van der Waals surface area contributed by atoms with Gasteiger partial charge >= 0.3 is 0 Å². The Kier molecular flexibility index (Phi) is 3.16. The van der Waals surface area contributed by atoms with Gasteiger partial charge in [0.1, 0.15) is 0 Å². The van der Waals surface area contributed by atoms with Crippen LogP contribution in [0.2, 0.25) is 0 Å². The van der Waals surface area contributed by atoms with Crippen LogP contribution >= 0.6 is 0 Å². The molecule has 1 aromatic rings. The van der Waals surface area contributed by atoms with Crippen molar-refractivity contribution in [3.05, 3.63) is 5.82 Å². The van der Waals surface area contributed by atoms with Crippen LogP contribution in [0.1, 0.15) is 19.7 Å². The van der Waals surface area contributed by atoms with Crippen LogP contribution in [0, 0.1) is 5.92 Å². The number of nitrogens with zero attached hydrogens (tertiary/aromatic N) is 4. The van der Waals surface area contributed by atoms with Crippen molar-refractivity contribution in [2.45, 2.75) is 26.8 Å². The molecule has 0 aliphatic carbocycles. The van der Waals surface area contributed by atoms with Crippen LogP contribution in [0.5, 0.6) is 0 Å². The SMILES string of the molecule is CC(C)Cn1nnnc1CCN. The van der Waals surface area contributed by atoms with E-state index < -0.39 is 0 Å². The third-order valence-corrected chi connectivity index (χ3v) is 1.51. The number of tetrazole rings is 1. The highest BCUT2D eigenvalue weighted by Crippen LogP contribution is 1.99. The van der Waals surface area contributed by atoms with Gasteiger partial charge in [0.05, 0.1) is 0 Å². The average Bonchev–Trinajstić information content (AvgIpc) is 2.37. The van der Waals surface area contributed by atoms with Crippen molar-refractivity contribution in [1.29, 1.82) is 0 Å². The van der Waals surface area contributed by atoms with E-state index in [1.165, 1.54) is 0 Å². The Labute approximate surface area is 71.9 Å². The summed E-state index contributed by atoms with van der Waals surface area (Å²) >= 11 is 0. The molecule has 1 aromatic heterocycles. The molecule has 0 aliphatic rings. The fourth-order valence-corrected chi connectivity index (χ4v) is 1.02. The Morgan fingerprint density at radius 2 is 2.25 bits per heavy atom. The number of hydrogen-bond donors (Lipinski definition) is 1. The molecule has 0 radical (unpaired) electrons. The van der Waals surface area contributed by atoms with Crippen LogP contribution in [0.25, 0.3) is 0 Å². The summed E-state index contributed by atoms with van der Waals surface area (Å²) in [6.07, 6.45) is 0.750. The second-order valence-electron chi connectivity index (χ2n) is 3.21. The summed E-state index contributed by atoms with van der Waals surface area (Å²) in [5.74, 6) is 1.44. The summed E-state index contributed by atoms with van der Waals surface area (Å²) in [4.78, 5) is 0. The summed E-state index contributed by atoms with van der Waals surface area (Å²) in [5, 5.41) is 11.4. The third-order valence-electron chi connectivity index (χ3n) is 1.51. The Bertz CT molecular complexity index is 229. The second-order valence-corrected chi connectivity index (χ2v) is 3.21. The van der Waals surface area contributed by atoms with E-state index in [9.17, 15) is 0 Å². The van der Waals surface area contributed by atoms with Crippen LogP contribution in [0.4, 0.5) is 0 Å². The van der Waals surface area contributed by atoms with E-state index in [0.29, 0.717) is 12.5 Å². The van der Waals surface area contributed by atoms with Gasteiger partial charge < -0.3 is 5.73 Å². The molecule has 0 aromatic carbocycles. The average molecular weight is 169 g/mol. The van der Waals surface area contributed by atoms with Gasteiger partial charge in [0.25, 0.3) is 0 Å². The molecule has 5 nitrogen and oxygen atoms in total. The molecular formula is C7H15N5. The first kappa shape index (κ1) is 9.12. The van der Waals surface area contributed by atoms with Gasteiger partial charge in [0.2, 0.25) is 0 Å². The summed E-state index contributed by atoms with van der Waals surface area (Å²) in [6.45, 7) is 5.72. The van der Waals surface area contributed by atoms with Crippen LogP contribution < -0.4 is 5.73 Å². The largest absolute Gasteiger partial charge is 0.330 e. The van der Waals surface area contributed by atoms with Gasteiger partial charge in [0.15, 0.2) is 5.82 Å². The summed E-state index contributed by atoms with van der Waals surface area (Å²) < 4.78 is 1.82. The Balaban J connectivity index is 2.63. The molecule has 68 valence electrons. The van der Waals surface area contributed by atoms with Crippen molar-refractivity contribution in [1.82, 2.24) is 20.2 Å². The van der Waals surface area contributed by atoms with Crippen molar-refractivity contribution in [3.8, 4) is 0 Å². The van der Waals surface area contributed by atoms with Crippen molar-refractivity contribution >= 4 is 0 Å². The molecule has 1 heterocycles. The van der Waals surface area contributed by atoms with E-state index in [0.717, 1.165) is 18.8 Å². The first-order valence-corrected chi connectivity index (χ1v) is 4.19. The highest BCUT2D eigenvalue weighted by Gasteiger charge is 2.05. The Morgan fingerprint density at radius 1 is 1.50 bits per heavy atom. The van der Waals surface area contributed by atoms with Crippen LogP contribution in [-0.2, 0) is 13.0 Å². The lowest BCUT2D eigenvalue weighted by molar-refractivity contribution is 0.458. The van der Waals surface area contributed by atoms with Gasteiger partial charge in [-0.3, -0.25) is 0 Å². The van der Waals surface area contributed by atoms with Gasteiger partial charge in [0, 0.05) is 13.0 Å². The fraction of sp³-hybridized carbons (Fsp3) is 0.857. The number of nitrogens with two attached hydrogens (primary N) is 1. The minimum absolute atomic E-state index is 0.560. The molecule has 1 rings (SSSR count). The van der Waals surface area contributed by atoms with Crippen molar-refractivity contribution < 1.29 is 0 Å². The molecule has 5 heteroatoms. The summed E-state index contributed by atoms with van der Waals surface area (Å²) in [5.41, 5.74) is 5.41. The van der Waals surface area contributed by atoms with E-state index in [1.807, 2.05) is 4.68 Å². The predicted octanol–water partition coefficient (Wildman–Crippen LogP) is -0.170. The fourth-order valence-electron chi connectivity index (χ4n) is 1.02. The highest BCUT2D eigenvalue weighted by atomic mass is 15.5. The first-order valence-electron chi connectivity index (χ1n) is 4.19. The molecule has 12 heavy (non-hydrogen) atoms. The number of aromatic nitrogens is 4.